The molecule has 0 spiro atoms. The SMILES string of the molecule is COC1=Cc2cc3c(C)cccc3cc2C(OC)C1C=O. The number of hydrogen-bond acceptors (Lipinski definition) is 3. The maximum absolute atomic E-state index is 11.4. The van der Waals surface area contributed by atoms with Gasteiger partial charge in [-0.25, -0.2) is 0 Å². The van der Waals surface area contributed by atoms with E-state index in [2.05, 4.69) is 31.2 Å². The first-order valence-corrected chi connectivity index (χ1v) is 6.96. The first-order chi connectivity index (χ1) is 10.2. The highest BCUT2D eigenvalue weighted by Gasteiger charge is 2.32. The Bertz CT molecular complexity index is 731. The molecule has 21 heavy (non-hydrogen) atoms. The molecular weight excluding hydrogens is 264 g/mol. The molecule has 0 N–H and O–H groups in total. The monoisotopic (exact) mass is 282 g/mol. The van der Waals surface area contributed by atoms with Crippen LogP contribution in [-0.4, -0.2) is 20.5 Å². The summed E-state index contributed by atoms with van der Waals surface area (Å²) in [5, 5.41) is 2.37. The Balaban J connectivity index is 2.28. The lowest BCUT2D eigenvalue weighted by Gasteiger charge is -2.29. The van der Waals surface area contributed by atoms with Gasteiger partial charge in [0.2, 0.25) is 0 Å². The first-order valence-electron chi connectivity index (χ1n) is 6.96. The van der Waals surface area contributed by atoms with E-state index in [0.29, 0.717) is 5.76 Å². The van der Waals surface area contributed by atoms with E-state index in [1.54, 1.807) is 14.2 Å². The van der Waals surface area contributed by atoms with Gasteiger partial charge in [0.05, 0.1) is 13.2 Å². The van der Waals surface area contributed by atoms with Crippen molar-refractivity contribution in [3.05, 3.63) is 52.8 Å². The van der Waals surface area contributed by atoms with E-state index in [0.717, 1.165) is 22.8 Å². The summed E-state index contributed by atoms with van der Waals surface area (Å²) in [4.78, 5) is 11.4. The molecule has 0 heterocycles. The summed E-state index contributed by atoms with van der Waals surface area (Å²) < 4.78 is 11.0. The molecule has 2 aromatic carbocycles. The Morgan fingerprint density at radius 3 is 2.67 bits per heavy atom. The lowest BCUT2D eigenvalue weighted by atomic mass is 9.84. The third-order valence-corrected chi connectivity index (χ3v) is 4.20. The van der Waals surface area contributed by atoms with Crippen LogP contribution in [0.3, 0.4) is 0 Å². The fourth-order valence-electron chi connectivity index (χ4n) is 3.09. The van der Waals surface area contributed by atoms with Crippen LogP contribution < -0.4 is 0 Å². The van der Waals surface area contributed by atoms with E-state index < -0.39 is 5.92 Å². The molecule has 3 nitrogen and oxygen atoms in total. The van der Waals surface area contributed by atoms with Crippen LogP contribution in [0.1, 0.15) is 22.8 Å². The number of aryl methyl sites for hydroxylation is 1. The molecule has 0 saturated heterocycles. The number of benzene rings is 2. The van der Waals surface area contributed by atoms with Gasteiger partial charge in [0.15, 0.2) is 0 Å². The van der Waals surface area contributed by atoms with Crippen LogP contribution in [0.25, 0.3) is 16.8 Å². The molecule has 0 fully saturated rings. The Morgan fingerprint density at radius 1 is 1.19 bits per heavy atom. The van der Waals surface area contributed by atoms with Crippen molar-refractivity contribution in [3.63, 3.8) is 0 Å². The molecule has 2 unspecified atom stereocenters. The van der Waals surface area contributed by atoms with Crippen LogP contribution in [0, 0.1) is 12.8 Å². The van der Waals surface area contributed by atoms with Gasteiger partial charge >= 0.3 is 0 Å². The average molecular weight is 282 g/mol. The Kier molecular flexibility index (Phi) is 3.52. The molecule has 0 bridgehead atoms. The quantitative estimate of drug-likeness (QED) is 0.806. The van der Waals surface area contributed by atoms with Crippen LogP contribution in [0.4, 0.5) is 0 Å². The van der Waals surface area contributed by atoms with Gasteiger partial charge < -0.3 is 14.3 Å². The van der Waals surface area contributed by atoms with Gasteiger partial charge in [-0.3, -0.25) is 0 Å². The molecule has 0 radical (unpaired) electrons. The lowest BCUT2D eigenvalue weighted by molar-refractivity contribution is -0.115. The molecule has 1 aliphatic carbocycles. The molecule has 2 atom stereocenters. The van der Waals surface area contributed by atoms with Gasteiger partial charge in [0.1, 0.15) is 18.0 Å². The normalized spacial score (nSPS) is 20.8. The van der Waals surface area contributed by atoms with Crippen LogP contribution in [0.2, 0.25) is 0 Å². The van der Waals surface area contributed by atoms with Crippen molar-refractivity contribution in [2.45, 2.75) is 13.0 Å². The predicted octanol–water partition coefficient (Wildman–Crippen LogP) is 3.65. The lowest BCUT2D eigenvalue weighted by Crippen LogP contribution is -2.23. The van der Waals surface area contributed by atoms with E-state index in [1.807, 2.05) is 12.1 Å². The largest absolute Gasteiger partial charge is 0.500 e. The Labute approximate surface area is 124 Å². The zero-order valence-electron chi connectivity index (χ0n) is 12.4. The summed E-state index contributed by atoms with van der Waals surface area (Å²) >= 11 is 0. The molecule has 2 aromatic rings. The van der Waals surface area contributed by atoms with E-state index in [1.165, 1.54) is 10.9 Å². The van der Waals surface area contributed by atoms with Gasteiger partial charge in [-0.1, -0.05) is 18.2 Å². The maximum Gasteiger partial charge on any atom is 0.133 e. The molecule has 0 amide bonds. The van der Waals surface area contributed by atoms with E-state index in [4.69, 9.17) is 9.47 Å². The van der Waals surface area contributed by atoms with E-state index >= 15 is 0 Å². The number of carbonyl (C=O) groups excluding carboxylic acids is 1. The minimum atomic E-state index is -0.394. The smallest absolute Gasteiger partial charge is 0.133 e. The molecule has 3 heteroatoms. The third-order valence-electron chi connectivity index (χ3n) is 4.20. The number of fused-ring (bicyclic) bond motifs is 2. The second-order valence-corrected chi connectivity index (χ2v) is 5.35. The molecule has 0 aliphatic heterocycles. The third kappa shape index (κ3) is 2.14. The fourth-order valence-corrected chi connectivity index (χ4v) is 3.09. The summed E-state index contributed by atoms with van der Waals surface area (Å²) in [6.45, 7) is 2.10. The van der Waals surface area contributed by atoms with Gasteiger partial charge in [0.25, 0.3) is 0 Å². The zero-order valence-corrected chi connectivity index (χ0v) is 12.4. The Hall–Kier alpha value is -2.13. The first kappa shape index (κ1) is 13.8. The van der Waals surface area contributed by atoms with Crippen molar-refractivity contribution >= 4 is 23.1 Å². The highest BCUT2D eigenvalue weighted by molar-refractivity contribution is 5.90. The maximum atomic E-state index is 11.4. The summed E-state index contributed by atoms with van der Waals surface area (Å²) in [5.74, 6) is 0.257. The van der Waals surface area contributed by atoms with Crippen LogP contribution in [0.5, 0.6) is 0 Å². The molecule has 0 saturated carbocycles. The minimum Gasteiger partial charge on any atom is -0.500 e. The standard InChI is InChI=1S/C18H18O3/c1-11-5-4-6-12-7-15-13(8-14(11)12)9-17(20-2)16(10-19)18(15)21-3/h4-10,16,18H,1-3H3. The van der Waals surface area contributed by atoms with Crippen LogP contribution in [0.15, 0.2) is 36.1 Å². The van der Waals surface area contributed by atoms with Crippen molar-refractivity contribution in [1.82, 2.24) is 0 Å². The predicted molar refractivity (Wildman–Crippen MR) is 83.0 cm³/mol. The van der Waals surface area contributed by atoms with Crippen molar-refractivity contribution in [2.24, 2.45) is 5.92 Å². The second-order valence-electron chi connectivity index (χ2n) is 5.35. The second kappa shape index (κ2) is 5.34. The van der Waals surface area contributed by atoms with Crippen molar-refractivity contribution in [1.29, 1.82) is 0 Å². The molecule has 1 aliphatic rings. The van der Waals surface area contributed by atoms with E-state index in [-0.39, 0.29) is 6.10 Å². The number of ether oxygens (including phenoxy) is 2. The van der Waals surface area contributed by atoms with Crippen LogP contribution in [-0.2, 0) is 14.3 Å². The number of rotatable bonds is 3. The number of carbonyl (C=O) groups is 1. The molecular formula is C18H18O3. The van der Waals surface area contributed by atoms with Gasteiger partial charge in [-0.15, -0.1) is 0 Å². The van der Waals surface area contributed by atoms with E-state index in [9.17, 15) is 4.79 Å². The minimum absolute atomic E-state index is 0.303. The topological polar surface area (TPSA) is 35.5 Å². The van der Waals surface area contributed by atoms with Crippen molar-refractivity contribution < 1.29 is 14.3 Å². The summed E-state index contributed by atoms with van der Waals surface area (Å²) in [6, 6.07) is 10.5. The number of methoxy groups -OCH3 is 2. The van der Waals surface area contributed by atoms with Crippen molar-refractivity contribution in [2.75, 3.05) is 14.2 Å². The summed E-state index contributed by atoms with van der Waals surface area (Å²) in [5.41, 5.74) is 3.32. The zero-order chi connectivity index (χ0) is 15.0. The highest BCUT2D eigenvalue weighted by Crippen LogP contribution is 2.40. The fraction of sp³-hybridized carbons (Fsp3) is 0.278. The van der Waals surface area contributed by atoms with Gasteiger partial charge in [-0.05, 0) is 52.6 Å². The summed E-state index contributed by atoms with van der Waals surface area (Å²) in [6.07, 6.45) is 2.53. The number of aldehydes is 1. The highest BCUT2D eigenvalue weighted by atomic mass is 16.5. The molecule has 108 valence electrons. The Morgan fingerprint density at radius 2 is 2.00 bits per heavy atom. The van der Waals surface area contributed by atoms with Crippen molar-refractivity contribution in [3.8, 4) is 0 Å². The van der Waals surface area contributed by atoms with Gasteiger partial charge in [-0.2, -0.15) is 0 Å². The van der Waals surface area contributed by atoms with Crippen LogP contribution >= 0.6 is 0 Å². The number of hydrogen-bond donors (Lipinski definition) is 0. The summed E-state index contributed by atoms with van der Waals surface area (Å²) in [7, 11) is 3.22. The average Bonchev–Trinajstić information content (AvgIpc) is 2.51. The van der Waals surface area contributed by atoms with Gasteiger partial charge in [0, 0.05) is 7.11 Å². The molecule has 0 aromatic heterocycles. The molecule has 3 rings (SSSR count).